The lowest BCUT2D eigenvalue weighted by molar-refractivity contribution is 0.0968. The molecule has 3 nitrogen and oxygen atoms in total. The van der Waals surface area contributed by atoms with Gasteiger partial charge in [0.05, 0.1) is 6.10 Å². The molecule has 1 heterocycles. The molecule has 0 spiro atoms. The molecule has 19 heavy (non-hydrogen) atoms. The lowest BCUT2D eigenvalue weighted by atomic mass is 10.00. The van der Waals surface area contributed by atoms with Gasteiger partial charge in [0.1, 0.15) is 0 Å². The van der Waals surface area contributed by atoms with E-state index in [1.807, 2.05) is 0 Å². The number of aliphatic hydroxyl groups is 1. The molecule has 1 aliphatic carbocycles. The molecule has 1 saturated carbocycles. The van der Waals surface area contributed by atoms with Gasteiger partial charge in [-0.1, -0.05) is 39.5 Å². The molecule has 0 radical (unpaired) electrons. The highest BCUT2D eigenvalue weighted by Gasteiger charge is 2.28. The van der Waals surface area contributed by atoms with Gasteiger partial charge in [-0.25, -0.2) is 0 Å². The maximum absolute atomic E-state index is 10.3. The van der Waals surface area contributed by atoms with Crippen molar-refractivity contribution in [3.8, 4) is 0 Å². The Balaban J connectivity index is 1.68. The van der Waals surface area contributed by atoms with Crippen molar-refractivity contribution in [1.82, 2.24) is 9.80 Å². The van der Waals surface area contributed by atoms with Gasteiger partial charge in [-0.3, -0.25) is 9.80 Å². The van der Waals surface area contributed by atoms with Crippen LogP contribution in [0.3, 0.4) is 0 Å². The number of aliphatic hydroxyl groups excluding tert-OH is 1. The predicted molar refractivity (Wildman–Crippen MR) is 80.3 cm³/mol. The molecule has 0 aromatic carbocycles. The van der Waals surface area contributed by atoms with E-state index in [1.54, 1.807) is 0 Å². The van der Waals surface area contributed by atoms with Crippen molar-refractivity contribution in [3.63, 3.8) is 0 Å². The van der Waals surface area contributed by atoms with Crippen LogP contribution in [0.4, 0.5) is 0 Å². The van der Waals surface area contributed by atoms with E-state index >= 15 is 0 Å². The Kier molecular flexibility index (Phi) is 6.11. The van der Waals surface area contributed by atoms with Crippen LogP contribution < -0.4 is 0 Å². The maximum atomic E-state index is 10.3. The fourth-order valence-corrected chi connectivity index (χ4v) is 4.02. The van der Waals surface area contributed by atoms with E-state index in [0.29, 0.717) is 6.04 Å². The third-order valence-electron chi connectivity index (χ3n) is 5.13. The second kappa shape index (κ2) is 7.61. The van der Waals surface area contributed by atoms with Gasteiger partial charge in [-0.05, 0) is 38.4 Å². The Hall–Kier alpha value is -0.120. The van der Waals surface area contributed by atoms with Gasteiger partial charge in [0, 0.05) is 19.1 Å². The Bertz CT molecular complexity index is 249. The first-order valence-electron chi connectivity index (χ1n) is 8.37. The normalized spacial score (nSPS) is 27.5. The molecule has 0 amide bonds. The minimum Gasteiger partial charge on any atom is -0.392 e. The monoisotopic (exact) mass is 268 g/mol. The fraction of sp³-hybridized carbons (Fsp3) is 1.00. The maximum Gasteiger partial charge on any atom is 0.0669 e. The molecular formula is C16H32N2O. The van der Waals surface area contributed by atoms with Gasteiger partial charge in [-0.2, -0.15) is 0 Å². The van der Waals surface area contributed by atoms with Crippen LogP contribution in [0.1, 0.15) is 52.4 Å². The van der Waals surface area contributed by atoms with E-state index in [-0.39, 0.29) is 6.10 Å². The molecule has 2 unspecified atom stereocenters. The molecule has 0 aromatic heterocycles. The van der Waals surface area contributed by atoms with Gasteiger partial charge >= 0.3 is 0 Å². The Morgan fingerprint density at radius 3 is 2.47 bits per heavy atom. The standard InChI is InChI=1S/C16H32N2O/c1-3-18(4-2)15-9-10-17(12-15)13-16(19)11-14-7-5-6-8-14/h14-16,19H,3-13H2,1-2H3. The van der Waals surface area contributed by atoms with Crippen LogP contribution in [0, 0.1) is 5.92 Å². The molecule has 1 saturated heterocycles. The Labute approximate surface area is 119 Å². The lowest BCUT2D eigenvalue weighted by Crippen LogP contribution is -2.39. The second-order valence-corrected chi connectivity index (χ2v) is 6.46. The molecule has 112 valence electrons. The molecule has 0 bridgehead atoms. The summed E-state index contributed by atoms with van der Waals surface area (Å²) in [5.74, 6) is 0.802. The smallest absolute Gasteiger partial charge is 0.0669 e. The second-order valence-electron chi connectivity index (χ2n) is 6.46. The lowest BCUT2D eigenvalue weighted by Gasteiger charge is -2.27. The summed E-state index contributed by atoms with van der Waals surface area (Å²) in [6.07, 6.45) is 7.66. The Morgan fingerprint density at radius 2 is 1.84 bits per heavy atom. The number of rotatable bonds is 7. The van der Waals surface area contributed by atoms with Crippen molar-refractivity contribution in [2.75, 3.05) is 32.7 Å². The number of hydrogen-bond donors (Lipinski definition) is 1. The quantitative estimate of drug-likeness (QED) is 0.768. The molecular weight excluding hydrogens is 236 g/mol. The highest BCUT2D eigenvalue weighted by atomic mass is 16.3. The van der Waals surface area contributed by atoms with Crippen LogP contribution in [-0.2, 0) is 0 Å². The van der Waals surface area contributed by atoms with Gasteiger partial charge in [0.25, 0.3) is 0 Å². The van der Waals surface area contributed by atoms with Gasteiger partial charge in [0.2, 0.25) is 0 Å². The van der Waals surface area contributed by atoms with Crippen LogP contribution in [0.2, 0.25) is 0 Å². The first kappa shape index (κ1) is 15.3. The third kappa shape index (κ3) is 4.44. The van der Waals surface area contributed by atoms with Crippen LogP contribution >= 0.6 is 0 Å². The van der Waals surface area contributed by atoms with Gasteiger partial charge in [0.15, 0.2) is 0 Å². The number of hydrogen-bond acceptors (Lipinski definition) is 3. The van der Waals surface area contributed by atoms with E-state index < -0.39 is 0 Å². The number of nitrogens with zero attached hydrogens (tertiary/aromatic N) is 2. The molecule has 2 aliphatic rings. The molecule has 2 atom stereocenters. The summed E-state index contributed by atoms with van der Waals surface area (Å²) in [5.41, 5.74) is 0. The van der Waals surface area contributed by atoms with Crippen molar-refractivity contribution in [2.45, 2.75) is 64.5 Å². The highest BCUT2D eigenvalue weighted by molar-refractivity contribution is 4.84. The van der Waals surface area contributed by atoms with Crippen LogP contribution in [-0.4, -0.2) is 59.8 Å². The van der Waals surface area contributed by atoms with E-state index in [9.17, 15) is 5.11 Å². The summed E-state index contributed by atoms with van der Waals surface area (Å²) in [4.78, 5) is 5.03. The molecule has 3 heteroatoms. The molecule has 2 rings (SSSR count). The first-order valence-corrected chi connectivity index (χ1v) is 8.37. The van der Waals surface area contributed by atoms with E-state index in [0.717, 1.165) is 38.5 Å². The summed E-state index contributed by atoms with van der Waals surface area (Å²) in [5, 5.41) is 10.3. The predicted octanol–water partition coefficient (Wildman–Crippen LogP) is 2.34. The number of likely N-dealkylation sites (tertiary alicyclic amines) is 1. The summed E-state index contributed by atoms with van der Waals surface area (Å²) in [6.45, 7) is 10.0. The average Bonchev–Trinajstić information content (AvgIpc) is 3.03. The zero-order valence-electron chi connectivity index (χ0n) is 12.9. The van der Waals surface area contributed by atoms with E-state index in [4.69, 9.17) is 0 Å². The van der Waals surface area contributed by atoms with E-state index in [1.165, 1.54) is 38.6 Å². The molecule has 1 aliphatic heterocycles. The van der Waals surface area contributed by atoms with Crippen molar-refractivity contribution in [3.05, 3.63) is 0 Å². The average molecular weight is 268 g/mol. The van der Waals surface area contributed by atoms with Crippen molar-refractivity contribution < 1.29 is 5.11 Å². The summed E-state index contributed by atoms with van der Waals surface area (Å²) >= 11 is 0. The van der Waals surface area contributed by atoms with Crippen molar-refractivity contribution in [2.24, 2.45) is 5.92 Å². The number of likely N-dealkylation sites (N-methyl/N-ethyl adjacent to an activating group) is 1. The first-order chi connectivity index (χ1) is 9.22. The Morgan fingerprint density at radius 1 is 1.16 bits per heavy atom. The topological polar surface area (TPSA) is 26.7 Å². The minimum atomic E-state index is -0.0986. The van der Waals surface area contributed by atoms with Gasteiger partial charge < -0.3 is 5.11 Å². The highest BCUT2D eigenvalue weighted by Crippen LogP contribution is 2.29. The molecule has 1 N–H and O–H groups in total. The zero-order valence-corrected chi connectivity index (χ0v) is 12.9. The van der Waals surface area contributed by atoms with Crippen LogP contribution in [0.15, 0.2) is 0 Å². The summed E-state index contributed by atoms with van der Waals surface area (Å²) < 4.78 is 0. The molecule has 0 aromatic rings. The fourth-order valence-electron chi connectivity index (χ4n) is 4.02. The van der Waals surface area contributed by atoms with E-state index in [2.05, 4.69) is 23.6 Å². The largest absolute Gasteiger partial charge is 0.392 e. The number of β-amino-alcohol motifs (C(OH)–C–C–N with tert-alkyl or cyclic N) is 1. The minimum absolute atomic E-state index is 0.0986. The van der Waals surface area contributed by atoms with Crippen molar-refractivity contribution in [1.29, 1.82) is 0 Å². The van der Waals surface area contributed by atoms with Crippen LogP contribution in [0.25, 0.3) is 0 Å². The van der Waals surface area contributed by atoms with Crippen LogP contribution in [0.5, 0.6) is 0 Å². The SMILES string of the molecule is CCN(CC)C1CCN(CC(O)CC2CCCC2)C1. The zero-order chi connectivity index (χ0) is 13.7. The summed E-state index contributed by atoms with van der Waals surface area (Å²) in [6, 6.07) is 0.716. The van der Waals surface area contributed by atoms with Gasteiger partial charge in [-0.15, -0.1) is 0 Å². The molecule has 2 fully saturated rings. The third-order valence-corrected chi connectivity index (χ3v) is 5.13. The van der Waals surface area contributed by atoms with Crippen molar-refractivity contribution >= 4 is 0 Å². The summed E-state index contributed by atoms with van der Waals surface area (Å²) in [7, 11) is 0.